The number of rotatable bonds is 2. The molecule has 2 heterocycles. The second kappa shape index (κ2) is 5.22. The smallest absolute Gasteiger partial charge is 0.146 e. The molecular formula is C17H18N4S. The van der Waals surface area contributed by atoms with Gasteiger partial charge in [-0.25, -0.2) is 4.98 Å². The lowest BCUT2D eigenvalue weighted by Crippen LogP contribution is -2.57. The predicted molar refractivity (Wildman–Crippen MR) is 93.1 cm³/mol. The van der Waals surface area contributed by atoms with E-state index in [4.69, 9.17) is 5.73 Å². The first-order valence-electron chi connectivity index (χ1n) is 7.13. The number of nitrogen functional groups attached to an aromatic ring is 1. The van der Waals surface area contributed by atoms with Gasteiger partial charge in [-0.05, 0) is 43.2 Å². The van der Waals surface area contributed by atoms with E-state index in [-0.39, 0.29) is 4.75 Å². The van der Waals surface area contributed by atoms with E-state index < -0.39 is 0 Å². The first-order chi connectivity index (χ1) is 10.4. The number of nitrogens with zero attached hydrogens (tertiary/aromatic N) is 3. The molecule has 0 atom stereocenters. The lowest BCUT2D eigenvalue weighted by Gasteiger charge is -2.45. The first kappa shape index (κ1) is 14.7. The fraction of sp³-hybridized carbons (Fsp3) is 0.294. The Morgan fingerprint density at radius 2 is 2.09 bits per heavy atom. The summed E-state index contributed by atoms with van der Waals surface area (Å²) in [5.41, 5.74) is 10.2. The van der Waals surface area contributed by atoms with E-state index in [0.29, 0.717) is 11.3 Å². The molecule has 0 aliphatic carbocycles. The van der Waals surface area contributed by atoms with Crippen LogP contribution in [0, 0.1) is 18.3 Å². The summed E-state index contributed by atoms with van der Waals surface area (Å²) in [5, 5.41) is 9.45. The van der Waals surface area contributed by atoms with Crippen molar-refractivity contribution < 1.29 is 0 Å². The zero-order valence-corrected chi connectivity index (χ0v) is 13.6. The molecule has 2 N–H and O–H groups in total. The molecule has 1 aromatic carbocycles. The maximum absolute atomic E-state index is 9.45. The van der Waals surface area contributed by atoms with Gasteiger partial charge < -0.3 is 10.6 Å². The van der Waals surface area contributed by atoms with Crippen molar-refractivity contribution in [1.29, 1.82) is 5.26 Å². The van der Waals surface area contributed by atoms with E-state index in [1.54, 1.807) is 0 Å². The van der Waals surface area contributed by atoms with E-state index >= 15 is 0 Å². The van der Waals surface area contributed by atoms with E-state index in [1.807, 2.05) is 37.4 Å². The third-order valence-corrected chi connectivity index (χ3v) is 4.21. The van der Waals surface area contributed by atoms with Gasteiger partial charge >= 0.3 is 0 Å². The molecule has 3 rings (SSSR count). The Morgan fingerprint density at radius 1 is 1.36 bits per heavy atom. The van der Waals surface area contributed by atoms with E-state index in [9.17, 15) is 5.26 Å². The summed E-state index contributed by atoms with van der Waals surface area (Å²) in [4.78, 5) is 6.60. The Hall–Kier alpha value is -2.19. The fourth-order valence-corrected chi connectivity index (χ4v) is 3.16. The van der Waals surface area contributed by atoms with E-state index in [1.165, 1.54) is 0 Å². The minimum atomic E-state index is -0.00243. The zero-order chi connectivity index (χ0) is 15.9. The molecule has 112 valence electrons. The molecular weight excluding hydrogens is 292 g/mol. The van der Waals surface area contributed by atoms with Crippen molar-refractivity contribution in [3.05, 3.63) is 41.6 Å². The quantitative estimate of drug-likeness (QED) is 0.661. The Labute approximate surface area is 136 Å². The molecule has 22 heavy (non-hydrogen) atoms. The predicted octanol–water partition coefficient (Wildman–Crippen LogP) is 3.02. The van der Waals surface area contributed by atoms with Gasteiger partial charge in [-0.3, -0.25) is 0 Å². The fourth-order valence-electron chi connectivity index (χ4n) is 2.82. The van der Waals surface area contributed by atoms with Crippen LogP contribution >= 0.6 is 12.6 Å². The normalized spacial score (nSPS) is 16.0. The molecule has 1 fully saturated rings. The summed E-state index contributed by atoms with van der Waals surface area (Å²) in [6, 6.07) is 9.91. The molecule has 1 aliphatic rings. The minimum absolute atomic E-state index is 0.00243. The van der Waals surface area contributed by atoms with Crippen molar-refractivity contribution in [1.82, 2.24) is 4.98 Å². The SMILES string of the molecule is Cc1ccc(N)cc1-c1cnc(N2CC(C)(S)C2)c(C#N)c1. The van der Waals surface area contributed by atoms with Crippen LogP contribution in [0.1, 0.15) is 18.1 Å². The lowest BCUT2D eigenvalue weighted by molar-refractivity contribution is 0.493. The molecule has 1 saturated heterocycles. The van der Waals surface area contributed by atoms with Gasteiger partial charge in [0, 0.05) is 35.3 Å². The minimum Gasteiger partial charge on any atom is -0.399 e. The average molecular weight is 310 g/mol. The second-order valence-corrected chi connectivity index (χ2v) is 7.21. The Kier molecular flexibility index (Phi) is 3.50. The molecule has 0 radical (unpaired) electrons. The van der Waals surface area contributed by atoms with Gasteiger partial charge in [0.25, 0.3) is 0 Å². The summed E-state index contributed by atoms with van der Waals surface area (Å²) in [6.07, 6.45) is 1.81. The third-order valence-electron chi connectivity index (χ3n) is 3.92. The molecule has 0 bridgehead atoms. The van der Waals surface area contributed by atoms with Crippen LogP contribution in [0.3, 0.4) is 0 Å². The van der Waals surface area contributed by atoms with Crippen LogP contribution in [0.2, 0.25) is 0 Å². The maximum atomic E-state index is 9.45. The van der Waals surface area contributed by atoms with Crippen LogP contribution in [-0.4, -0.2) is 22.8 Å². The van der Waals surface area contributed by atoms with Crippen LogP contribution in [0.25, 0.3) is 11.1 Å². The molecule has 1 aromatic heterocycles. The average Bonchev–Trinajstić information content (AvgIpc) is 2.46. The summed E-state index contributed by atoms with van der Waals surface area (Å²) in [7, 11) is 0. The molecule has 2 aromatic rings. The Bertz CT molecular complexity index is 769. The van der Waals surface area contributed by atoms with Crippen LogP contribution in [0.4, 0.5) is 11.5 Å². The summed E-state index contributed by atoms with van der Waals surface area (Å²) in [6.45, 7) is 5.71. The Morgan fingerprint density at radius 3 is 2.73 bits per heavy atom. The number of benzene rings is 1. The number of hydrogen-bond acceptors (Lipinski definition) is 5. The highest BCUT2D eigenvalue weighted by Gasteiger charge is 2.37. The first-order valence-corrected chi connectivity index (χ1v) is 7.58. The van der Waals surface area contributed by atoms with Crippen LogP contribution in [0.5, 0.6) is 0 Å². The lowest BCUT2D eigenvalue weighted by atomic mass is 9.98. The van der Waals surface area contributed by atoms with Gasteiger partial charge in [-0.1, -0.05) is 6.07 Å². The van der Waals surface area contributed by atoms with Crippen LogP contribution in [-0.2, 0) is 0 Å². The number of aromatic nitrogens is 1. The van der Waals surface area contributed by atoms with Crippen LogP contribution in [0.15, 0.2) is 30.5 Å². The molecule has 0 amide bonds. The number of pyridine rings is 1. The highest BCUT2D eigenvalue weighted by atomic mass is 32.1. The standard InChI is InChI=1S/C17H18N4S/c1-11-3-4-14(19)6-15(11)13-5-12(7-18)16(20-8-13)21-9-17(2,22)10-21/h3-6,8,22H,9-10,19H2,1-2H3. The molecule has 0 spiro atoms. The number of nitrogens with two attached hydrogens (primary N) is 1. The maximum Gasteiger partial charge on any atom is 0.146 e. The summed E-state index contributed by atoms with van der Waals surface area (Å²) >= 11 is 4.55. The highest BCUT2D eigenvalue weighted by molar-refractivity contribution is 7.82. The van der Waals surface area contributed by atoms with Gasteiger partial charge in [-0.15, -0.1) is 0 Å². The van der Waals surface area contributed by atoms with Crippen molar-refractivity contribution in [2.45, 2.75) is 18.6 Å². The van der Waals surface area contributed by atoms with E-state index in [0.717, 1.165) is 35.6 Å². The monoisotopic (exact) mass is 310 g/mol. The van der Waals surface area contributed by atoms with Crippen molar-refractivity contribution >= 4 is 24.1 Å². The number of nitriles is 1. The molecule has 5 heteroatoms. The number of aryl methyl sites for hydroxylation is 1. The molecule has 4 nitrogen and oxygen atoms in total. The van der Waals surface area contributed by atoms with Gasteiger partial charge in [-0.2, -0.15) is 17.9 Å². The zero-order valence-electron chi connectivity index (χ0n) is 12.7. The van der Waals surface area contributed by atoms with Crippen LogP contribution < -0.4 is 10.6 Å². The number of hydrogen-bond donors (Lipinski definition) is 2. The van der Waals surface area contributed by atoms with Gasteiger partial charge in [0.1, 0.15) is 11.9 Å². The molecule has 0 unspecified atom stereocenters. The van der Waals surface area contributed by atoms with Gasteiger partial charge in [0.2, 0.25) is 0 Å². The van der Waals surface area contributed by atoms with Crippen molar-refractivity contribution in [3.63, 3.8) is 0 Å². The summed E-state index contributed by atoms with van der Waals surface area (Å²) in [5.74, 6) is 0.735. The number of anilines is 2. The van der Waals surface area contributed by atoms with Crippen molar-refractivity contribution in [3.8, 4) is 17.2 Å². The largest absolute Gasteiger partial charge is 0.399 e. The second-order valence-electron chi connectivity index (χ2n) is 6.13. The molecule has 1 aliphatic heterocycles. The number of thiol groups is 1. The summed E-state index contributed by atoms with van der Waals surface area (Å²) < 4.78 is -0.00243. The van der Waals surface area contributed by atoms with Gasteiger partial charge in [0.05, 0.1) is 5.56 Å². The third kappa shape index (κ3) is 2.62. The van der Waals surface area contributed by atoms with Crippen molar-refractivity contribution in [2.75, 3.05) is 23.7 Å². The molecule has 0 saturated carbocycles. The Balaban J connectivity index is 1.99. The highest BCUT2D eigenvalue weighted by Crippen LogP contribution is 2.34. The topological polar surface area (TPSA) is 65.9 Å². The van der Waals surface area contributed by atoms with E-state index in [2.05, 4.69) is 35.5 Å². The van der Waals surface area contributed by atoms with Crippen molar-refractivity contribution in [2.24, 2.45) is 0 Å². The van der Waals surface area contributed by atoms with Gasteiger partial charge in [0.15, 0.2) is 0 Å².